The number of nitrogens with zero attached hydrogens (tertiary/aromatic N) is 4. The summed E-state index contributed by atoms with van der Waals surface area (Å²) in [6.07, 6.45) is -2.11. The summed E-state index contributed by atoms with van der Waals surface area (Å²) >= 11 is 7.12. The first-order valence-electron chi connectivity index (χ1n) is 10.5. The number of carbonyl (C=O) groups is 2. The van der Waals surface area contributed by atoms with Crippen molar-refractivity contribution in [3.8, 4) is 0 Å². The topological polar surface area (TPSA) is 77.3 Å². The number of hydrogen-bond donors (Lipinski definition) is 0. The molecule has 1 aliphatic heterocycles. The van der Waals surface area contributed by atoms with E-state index in [2.05, 4.69) is 9.97 Å². The molecule has 7 nitrogen and oxygen atoms in total. The molecular formula is C22H20ClF3N4O3S. The molecular weight excluding hydrogens is 493 g/mol. The lowest BCUT2D eigenvalue weighted by molar-refractivity contribution is -0.137. The number of ether oxygens (including phenoxy) is 1. The van der Waals surface area contributed by atoms with Crippen molar-refractivity contribution < 1.29 is 27.5 Å². The average molecular weight is 513 g/mol. The zero-order valence-electron chi connectivity index (χ0n) is 17.8. The third kappa shape index (κ3) is 5.37. The van der Waals surface area contributed by atoms with E-state index in [0.29, 0.717) is 61.9 Å². The Hall–Kier alpha value is -2.63. The summed E-state index contributed by atoms with van der Waals surface area (Å²) in [6.45, 7) is 2.45. The van der Waals surface area contributed by atoms with Gasteiger partial charge in [-0.2, -0.15) is 13.2 Å². The summed E-state index contributed by atoms with van der Waals surface area (Å²) in [5.41, 5.74) is 0.826. The summed E-state index contributed by atoms with van der Waals surface area (Å²) in [4.78, 5) is 33.9. The fourth-order valence-corrected chi connectivity index (χ4v) is 4.72. The third-order valence-corrected chi connectivity index (χ3v) is 6.70. The number of carbonyl (C=O) groups excluding carboxylic acids is 2. The number of morpholine rings is 1. The van der Waals surface area contributed by atoms with Crippen LogP contribution in [-0.4, -0.2) is 57.9 Å². The van der Waals surface area contributed by atoms with Crippen LogP contribution in [0, 0.1) is 0 Å². The minimum atomic E-state index is -4.55. The Morgan fingerprint density at radius 3 is 2.68 bits per heavy atom. The largest absolute Gasteiger partial charge is 0.417 e. The van der Waals surface area contributed by atoms with Gasteiger partial charge in [-0.25, -0.2) is 9.97 Å². The molecule has 1 amide bonds. The van der Waals surface area contributed by atoms with Gasteiger partial charge in [-0.05, 0) is 42.4 Å². The molecule has 2 aromatic heterocycles. The van der Waals surface area contributed by atoms with Crippen LogP contribution in [-0.2, 0) is 22.3 Å². The van der Waals surface area contributed by atoms with E-state index in [1.807, 2.05) is 4.57 Å². The van der Waals surface area contributed by atoms with Gasteiger partial charge in [0.2, 0.25) is 0 Å². The number of rotatable bonds is 7. The van der Waals surface area contributed by atoms with E-state index >= 15 is 0 Å². The van der Waals surface area contributed by atoms with E-state index in [0.717, 1.165) is 35.8 Å². The van der Waals surface area contributed by atoms with Crippen molar-refractivity contribution >= 4 is 46.6 Å². The fraction of sp³-hybridized carbons (Fsp3) is 0.364. The lowest BCUT2D eigenvalue weighted by Gasteiger charge is -2.26. The number of alkyl halides is 3. The van der Waals surface area contributed by atoms with Crippen LogP contribution in [0.15, 0.2) is 40.6 Å². The van der Waals surface area contributed by atoms with Crippen LogP contribution in [0.1, 0.15) is 28.8 Å². The second-order valence-electron chi connectivity index (χ2n) is 7.57. The van der Waals surface area contributed by atoms with E-state index in [-0.39, 0.29) is 16.0 Å². The van der Waals surface area contributed by atoms with Gasteiger partial charge in [-0.15, -0.1) is 0 Å². The number of benzene rings is 1. The van der Waals surface area contributed by atoms with Gasteiger partial charge in [0.25, 0.3) is 5.91 Å². The Labute approximate surface area is 202 Å². The molecule has 1 aliphatic rings. The van der Waals surface area contributed by atoms with Crippen LogP contribution >= 0.6 is 23.4 Å². The van der Waals surface area contributed by atoms with Gasteiger partial charge in [0.05, 0.1) is 34.8 Å². The summed E-state index contributed by atoms with van der Waals surface area (Å²) in [6, 6.07) is 6.02. The minimum absolute atomic E-state index is 0.123. The Bertz CT molecular complexity index is 1210. The molecule has 0 bridgehead atoms. The highest BCUT2D eigenvalue weighted by atomic mass is 35.5. The van der Waals surface area contributed by atoms with E-state index in [4.69, 9.17) is 16.3 Å². The summed E-state index contributed by atoms with van der Waals surface area (Å²) in [5, 5.41) is 0.478. The molecule has 1 saturated heterocycles. The highest BCUT2D eigenvalue weighted by molar-refractivity contribution is 7.99. The monoisotopic (exact) mass is 512 g/mol. The summed E-state index contributed by atoms with van der Waals surface area (Å²) < 4.78 is 46.0. The first-order chi connectivity index (χ1) is 16.3. The molecule has 0 radical (unpaired) electrons. The van der Waals surface area contributed by atoms with Gasteiger partial charge in [-0.3, -0.25) is 4.79 Å². The van der Waals surface area contributed by atoms with Gasteiger partial charge in [-0.1, -0.05) is 11.6 Å². The number of aldehydes is 1. The number of fused-ring (bicyclic) bond motifs is 1. The van der Waals surface area contributed by atoms with Gasteiger partial charge in [0, 0.05) is 37.8 Å². The molecule has 0 N–H and O–H groups in total. The van der Waals surface area contributed by atoms with Crippen molar-refractivity contribution in [1.29, 1.82) is 0 Å². The first-order valence-corrected chi connectivity index (χ1v) is 11.7. The maximum Gasteiger partial charge on any atom is 0.417 e. The van der Waals surface area contributed by atoms with Crippen LogP contribution in [0.3, 0.4) is 0 Å². The Morgan fingerprint density at radius 2 is 2.00 bits per heavy atom. The molecule has 0 saturated carbocycles. The van der Waals surface area contributed by atoms with E-state index in [9.17, 15) is 22.8 Å². The van der Waals surface area contributed by atoms with Crippen molar-refractivity contribution in [3.05, 3.63) is 46.6 Å². The highest BCUT2D eigenvalue weighted by Gasteiger charge is 2.32. The first kappa shape index (κ1) is 24.5. The maximum atomic E-state index is 13.0. The fourth-order valence-electron chi connectivity index (χ4n) is 3.56. The molecule has 0 atom stereocenters. The molecule has 34 heavy (non-hydrogen) atoms. The molecule has 0 aliphatic carbocycles. The van der Waals surface area contributed by atoms with E-state index < -0.39 is 11.7 Å². The zero-order valence-corrected chi connectivity index (χ0v) is 19.4. The molecule has 12 heteroatoms. The number of pyridine rings is 1. The predicted molar refractivity (Wildman–Crippen MR) is 120 cm³/mol. The van der Waals surface area contributed by atoms with Gasteiger partial charge >= 0.3 is 6.18 Å². The number of aromatic nitrogens is 3. The molecule has 4 rings (SSSR count). The Kier molecular flexibility index (Phi) is 7.44. The second-order valence-corrected chi connectivity index (χ2v) is 8.94. The quantitative estimate of drug-likeness (QED) is 0.337. The average Bonchev–Trinajstić information content (AvgIpc) is 3.16. The number of amides is 1. The van der Waals surface area contributed by atoms with Crippen molar-refractivity contribution in [2.24, 2.45) is 0 Å². The van der Waals surface area contributed by atoms with Crippen molar-refractivity contribution in [2.75, 3.05) is 26.3 Å². The lowest BCUT2D eigenvalue weighted by Crippen LogP contribution is -2.40. The van der Waals surface area contributed by atoms with Gasteiger partial charge in [0.15, 0.2) is 5.16 Å². The smallest absolute Gasteiger partial charge is 0.378 e. The van der Waals surface area contributed by atoms with Crippen molar-refractivity contribution in [3.63, 3.8) is 0 Å². The Morgan fingerprint density at radius 1 is 1.24 bits per heavy atom. The SMILES string of the molecule is O=CCCCn1c(Sc2ncc(C(F)(F)F)cc2Cl)nc2cc(C(=O)N3CCOCC3)ccc21. The van der Waals surface area contributed by atoms with E-state index in [1.54, 1.807) is 23.1 Å². The number of hydrogen-bond acceptors (Lipinski definition) is 6. The van der Waals surface area contributed by atoms with Gasteiger partial charge < -0.3 is 19.0 Å². The van der Waals surface area contributed by atoms with Crippen molar-refractivity contribution in [1.82, 2.24) is 19.4 Å². The zero-order chi connectivity index (χ0) is 24.3. The number of halogens is 4. The lowest BCUT2D eigenvalue weighted by atomic mass is 10.1. The molecule has 3 heterocycles. The number of imidazole rings is 1. The van der Waals surface area contributed by atoms with E-state index in [1.165, 1.54) is 0 Å². The Balaban J connectivity index is 1.67. The third-order valence-electron chi connectivity index (χ3n) is 5.28. The number of unbranched alkanes of at least 4 members (excludes halogenated alkanes) is 1. The number of aryl methyl sites for hydroxylation is 1. The second kappa shape index (κ2) is 10.3. The molecule has 3 aromatic rings. The van der Waals surface area contributed by atoms with Crippen molar-refractivity contribution in [2.45, 2.75) is 35.7 Å². The van der Waals surface area contributed by atoms with Crippen LogP contribution < -0.4 is 0 Å². The summed E-state index contributed by atoms with van der Waals surface area (Å²) in [5.74, 6) is -0.123. The van der Waals surface area contributed by atoms with Crippen LogP contribution in [0.5, 0.6) is 0 Å². The highest BCUT2D eigenvalue weighted by Crippen LogP contribution is 2.37. The molecule has 1 aromatic carbocycles. The maximum absolute atomic E-state index is 13.0. The van der Waals surface area contributed by atoms with Gasteiger partial charge in [0.1, 0.15) is 11.3 Å². The standard InChI is InChI=1S/C22H20ClF3N4O3S/c23-16-12-15(22(24,25)26)13-27-19(16)34-21-28-17-11-14(20(32)29-6-9-33-10-7-29)3-4-18(17)30(21)5-1-2-8-31/h3-4,8,11-13H,1-2,5-7,9-10H2. The molecule has 180 valence electrons. The van der Waals surface area contributed by atoms with Crippen LogP contribution in [0.25, 0.3) is 11.0 Å². The van der Waals surface area contributed by atoms with Crippen LogP contribution in [0.2, 0.25) is 5.02 Å². The van der Waals surface area contributed by atoms with Crippen LogP contribution in [0.4, 0.5) is 13.2 Å². The summed E-state index contributed by atoms with van der Waals surface area (Å²) in [7, 11) is 0. The molecule has 0 unspecified atom stereocenters. The predicted octanol–water partition coefficient (Wildman–Crippen LogP) is 4.71. The molecule has 0 spiro atoms. The minimum Gasteiger partial charge on any atom is -0.378 e. The molecule has 1 fully saturated rings. The normalized spacial score (nSPS) is 14.5.